The number of amides is 1. The standard InChI is InChI=1S/C21H22N2OS2/c1-14-5-6-17(15(2)12-14)22-20(24)13-23-9-7-18-16(8-11-26-18)21(23)19-4-3-10-25-19/h3-6,8,10-12,21H,7,9,13H2,1-2H3,(H,22,24). The fourth-order valence-electron chi connectivity index (χ4n) is 3.65. The molecule has 3 aromatic rings. The maximum Gasteiger partial charge on any atom is 0.238 e. The van der Waals surface area contributed by atoms with Crippen LogP contribution in [0.5, 0.6) is 0 Å². The molecule has 0 saturated heterocycles. The molecule has 26 heavy (non-hydrogen) atoms. The molecule has 3 nitrogen and oxygen atoms in total. The molecule has 134 valence electrons. The molecule has 1 aromatic carbocycles. The van der Waals surface area contributed by atoms with Crippen LogP contribution in [0.2, 0.25) is 0 Å². The first-order valence-electron chi connectivity index (χ1n) is 8.82. The number of thiophene rings is 2. The second-order valence-corrected chi connectivity index (χ2v) is 8.78. The van der Waals surface area contributed by atoms with E-state index in [4.69, 9.17) is 0 Å². The van der Waals surface area contributed by atoms with Crippen molar-refractivity contribution in [2.45, 2.75) is 26.3 Å². The van der Waals surface area contributed by atoms with Crippen LogP contribution < -0.4 is 5.32 Å². The van der Waals surface area contributed by atoms with Crippen LogP contribution in [0.3, 0.4) is 0 Å². The number of fused-ring (bicyclic) bond motifs is 1. The highest BCUT2D eigenvalue weighted by Gasteiger charge is 2.31. The number of hydrogen-bond donors (Lipinski definition) is 1. The van der Waals surface area contributed by atoms with Crippen LogP contribution in [-0.4, -0.2) is 23.9 Å². The van der Waals surface area contributed by atoms with Crippen LogP contribution in [0.25, 0.3) is 0 Å². The largest absolute Gasteiger partial charge is 0.325 e. The second-order valence-electron chi connectivity index (χ2n) is 6.80. The lowest BCUT2D eigenvalue weighted by atomic mass is 9.98. The molecule has 4 rings (SSSR count). The summed E-state index contributed by atoms with van der Waals surface area (Å²) in [5.41, 5.74) is 4.58. The van der Waals surface area contributed by atoms with Crippen LogP contribution in [0, 0.1) is 13.8 Å². The lowest BCUT2D eigenvalue weighted by Crippen LogP contribution is -2.40. The number of hydrogen-bond acceptors (Lipinski definition) is 4. The van der Waals surface area contributed by atoms with Gasteiger partial charge in [-0.25, -0.2) is 0 Å². The SMILES string of the molecule is Cc1ccc(NC(=O)CN2CCc3sccc3C2c2cccs2)c(C)c1. The summed E-state index contributed by atoms with van der Waals surface area (Å²) < 4.78 is 0. The van der Waals surface area contributed by atoms with Gasteiger partial charge in [-0.3, -0.25) is 9.69 Å². The Morgan fingerprint density at radius 2 is 2.08 bits per heavy atom. The summed E-state index contributed by atoms with van der Waals surface area (Å²) in [6, 6.07) is 12.8. The number of aryl methyl sites for hydroxylation is 2. The first kappa shape index (κ1) is 17.5. The molecular formula is C21H22N2OS2. The summed E-state index contributed by atoms with van der Waals surface area (Å²) in [5, 5.41) is 7.38. The molecule has 5 heteroatoms. The zero-order chi connectivity index (χ0) is 18.1. The molecule has 0 radical (unpaired) electrons. The van der Waals surface area contributed by atoms with Crippen molar-refractivity contribution in [2.75, 3.05) is 18.4 Å². The van der Waals surface area contributed by atoms with Gasteiger partial charge in [0.15, 0.2) is 0 Å². The van der Waals surface area contributed by atoms with E-state index < -0.39 is 0 Å². The fourth-order valence-corrected chi connectivity index (χ4v) is 5.43. The molecule has 3 heterocycles. The predicted octanol–water partition coefficient (Wildman–Crippen LogP) is 5.01. The third-order valence-electron chi connectivity index (χ3n) is 4.88. The van der Waals surface area contributed by atoms with Gasteiger partial charge in [0.1, 0.15) is 0 Å². The quantitative estimate of drug-likeness (QED) is 0.688. The van der Waals surface area contributed by atoms with E-state index in [1.54, 1.807) is 11.3 Å². The van der Waals surface area contributed by atoms with Gasteiger partial charge in [-0.2, -0.15) is 0 Å². The van der Waals surface area contributed by atoms with Crippen LogP contribution in [0.1, 0.15) is 32.5 Å². The summed E-state index contributed by atoms with van der Waals surface area (Å²) in [7, 11) is 0. The molecule has 1 N–H and O–H groups in total. The Kier molecular flexibility index (Phi) is 4.94. The molecule has 0 saturated carbocycles. The van der Waals surface area contributed by atoms with Crippen LogP contribution >= 0.6 is 22.7 Å². The van der Waals surface area contributed by atoms with Crippen LogP contribution in [-0.2, 0) is 11.2 Å². The van der Waals surface area contributed by atoms with Crippen LogP contribution in [0.4, 0.5) is 5.69 Å². The van der Waals surface area contributed by atoms with E-state index >= 15 is 0 Å². The normalized spacial score (nSPS) is 17.1. The third kappa shape index (κ3) is 3.47. The van der Waals surface area contributed by atoms with Crippen molar-refractivity contribution in [3.05, 3.63) is 73.6 Å². The molecule has 0 fully saturated rings. The maximum atomic E-state index is 12.7. The average molecular weight is 383 g/mol. The third-order valence-corrected chi connectivity index (χ3v) is 6.80. The topological polar surface area (TPSA) is 32.3 Å². The van der Waals surface area contributed by atoms with E-state index in [0.717, 1.165) is 24.2 Å². The minimum absolute atomic E-state index is 0.0530. The Bertz CT molecular complexity index is 914. The van der Waals surface area contributed by atoms with Gasteiger partial charge in [-0.15, -0.1) is 22.7 Å². The second kappa shape index (κ2) is 7.35. The minimum Gasteiger partial charge on any atom is -0.325 e. The van der Waals surface area contributed by atoms with Gasteiger partial charge in [0.05, 0.1) is 12.6 Å². The highest BCUT2D eigenvalue weighted by molar-refractivity contribution is 7.10. The van der Waals surface area contributed by atoms with E-state index in [2.05, 4.69) is 52.2 Å². The molecule has 1 atom stereocenters. The smallest absolute Gasteiger partial charge is 0.238 e. The van der Waals surface area contributed by atoms with Crippen LogP contribution in [0.15, 0.2) is 47.2 Å². The van der Waals surface area contributed by atoms with E-state index in [9.17, 15) is 4.79 Å². The molecule has 1 aliphatic rings. The molecular weight excluding hydrogens is 360 g/mol. The van der Waals surface area contributed by atoms with E-state index in [1.807, 2.05) is 30.4 Å². The summed E-state index contributed by atoms with van der Waals surface area (Å²) >= 11 is 3.60. The molecule has 0 bridgehead atoms. The Morgan fingerprint density at radius 3 is 2.85 bits per heavy atom. The maximum absolute atomic E-state index is 12.7. The van der Waals surface area contributed by atoms with Gasteiger partial charge < -0.3 is 5.32 Å². The number of anilines is 1. The monoisotopic (exact) mass is 382 g/mol. The van der Waals surface area contributed by atoms with Crippen molar-refractivity contribution in [1.29, 1.82) is 0 Å². The Morgan fingerprint density at radius 1 is 1.19 bits per heavy atom. The predicted molar refractivity (Wildman–Crippen MR) is 110 cm³/mol. The molecule has 1 aliphatic heterocycles. The number of nitrogens with one attached hydrogen (secondary N) is 1. The van der Waals surface area contributed by atoms with E-state index in [0.29, 0.717) is 6.54 Å². The Labute approximate surface area is 162 Å². The summed E-state index contributed by atoms with van der Waals surface area (Å²) in [6.45, 7) is 5.42. The number of benzene rings is 1. The van der Waals surface area contributed by atoms with Gasteiger partial charge in [-0.1, -0.05) is 23.8 Å². The van der Waals surface area contributed by atoms with Crippen molar-refractivity contribution in [2.24, 2.45) is 0 Å². The number of carbonyl (C=O) groups is 1. The number of nitrogens with zero attached hydrogens (tertiary/aromatic N) is 1. The first-order chi connectivity index (χ1) is 12.6. The van der Waals surface area contributed by atoms with Crippen molar-refractivity contribution < 1.29 is 4.79 Å². The number of rotatable bonds is 4. The molecule has 0 aliphatic carbocycles. The van der Waals surface area contributed by atoms with Gasteiger partial charge in [0.2, 0.25) is 5.91 Å². The molecule has 2 aromatic heterocycles. The number of carbonyl (C=O) groups excluding carboxylic acids is 1. The summed E-state index contributed by atoms with van der Waals surface area (Å²) in [5.74, 6) is 0.0530. The molecule has 1 unspecified atom stereocenters. The lowest BCUT2D eigenvalue weighted by Gasteiger charge is -2.34. The van der Waals surface area contributed by atoms with Gasteiger partial charge in [-0.05, 0) is 60.4 Å². The first-order valence-corrected chi connectivity index (χ1v) is 10.6. The minimum atomic E-state index is 0.0530. The van der Waals surface area contributed by atoms with Crippen molar-refractivity contribution in [3.63, 3.8) is 0 Å². The summed E-state index contributed by atoms with van der Waals surface area (Å²) in [4.78, 5) is 17.8. The zero-order valence-corrected chi connectivity index (χ0v) is 16.6. The molecule has 1 amide bonds. The Hall–Kier alpha value is -1.95. The van der Waals surface area contributed by atoms with Gasteiger partial charge in [0.25, 0.3) is 0 Å². The van der Waals surface area contributed by atoms with E-state index in [1.165, 1.54) is 20.9 Å². The van der Waals surface area contributed by atoms with Crippen molar-refractivity contribution in [3.8, 4) is 0 Å². The van der Waals surface area contributed by atoms with Crippen molar-refractivity contribution >= 4 is 34.3 Å². The lowest BCUT2D eigenvalue weighted by molar-refractivity contribution is -0.117. The highest BCUT2D eigenvalue weighted by atomic mass is 32.1. The molecule has 0 spiro atoms. The van der Waals surface area contributed by atoms with Gasteiger partial charge >= 0.3 is 0 Å². The van der Waals surface area contributed by atoms with Gasteiger partial charge in [0, 0.05) is 22.0 Å². The zero-order valence-electron chi connectivity index (χ0n) is 15.0. The van der Waals surface area contributed by atoms with Crippen molar-refractivity contribution in [1.82, 2.24) is 4.90 Å². The average Bonchev–Trinajstić information content (AvgIpc) is 3.28. The van der Waals surface area contributed by atoms with E-state index in [-0.39, 0.29) is 11.9 Å². The summed E-state index contributed by atoms with van der Waals surface area (Å²) in [6.07, 6.45) is 1.02. The Balaban J connectivity index is 1.54. The highest BCUT2D eigenvalue weighted by Crippen LogP contribution is 2.39. The fraction of sp³-hybridized carbons (Fsp3) is 0.286.